The van der Waals surface area contributed by atoms with Gasteiger partial charge in [-0.05, 0) is 44.3 Å². The fourth-order valence-electron chi connectivity index (χ4n) is 4.43. The van der Waals surface area contributed by atoms with Crippen LogP contribution >= 0.6 is 11.8 Å². The van der Waals surface area contributed by atoms with Crippen LogP contribution < -0.4 is 0 Å². The van der Waals surface area contributed by atoms with Gasteiger partial charge in [0.1, 0.15) is 0 Å². The number of thioether (sulfide) groups is 1. The van der Waals surface area contributed by atoms with Gasteiger partial charge in [-0.2, -0.15) is 0 Å². The molecule has 0 saturated carbocycles. The summed E-state index contributed by atoms with van der Waals surface area (Å²) < 4.78 is 2.18. The predicted octanol–water partition coefficient (Wildman–Crippen LogP) is 3.94. The first-order valence-electron chi connectivity index (χ1n) is 10.9. The van der Waals surface area contributed by atoms with Crippen LogP contribution in [0.25, 0.3) is 0 Å². The second-order valence-electron chi connectivity index (χ2n) is 8.83. The van der Waals surface area contributed by atoms with Crippen LogP contribution in [-0.2, 0) is 11.3 Å². The minimum Gasteiger partial charge on any atom is -0.341 e. The number of hydrogen-bond acceptors (Lipinski definition) is 5. The monoisotopic (exact) mass is 429 g/mol. The van der Waals surface area contributed by atoms with Crippen molar-refractivity contribution in [3.63, 3.8) is 0 Å². The maximum absolute atomic E-state index is 12.9. The zero-order chi connectivity index (χ0) is 21.7. The SMILES string of the molecule is CC[C@H](c1nnc(SCC(=O)N2C[C@@H](C)C[C@H](C)C2)n1Cc1ccccc1)N(C)C. The van der Waals surface area contributed by atoms with Gasteiger partial charge >= 0.3 is 0 Å². The molecule has 0 radical (unpaired) electrons. The van der Waals surface area contributed by atoms with Crippen molar-refractivity contribution in [3.8, 4) is 0 Å². The highest BCUT2D eigenvalue weighted by atomic mass is 32.2. The number of benzene rings is 1. The zero-order valence-electron chi connectivity index (χ0n) is 18.9. The molecule has 1 aromatic heterocycles. The van der Waals surface area contributed by atoms with Crippen LogP contribution in [0, 0.1) is 11.8 Å². The number of carbonyl (C=O) groups excluding carboxylic acids is 1. The summed E-state index contributed by atoms with van der Waals surface area (Å²) in [7, 11) is 4.15. The van der Waals surface area contributed by atoms with E-state index in [1.165, 1.54) is 23.7 Å². The van der Waals surface area contributed by atoms with Gasteiger partial charge in [0.2, 0.25) is 5.91 Å². The average Bonchev–Trinajstić information content (AvgIpc) is 3.08. The van der Waals surface area contributed by atoms with E-state index < -0.39 is 0 Å². The van der Waals surface area contributed by atoms with E-state index in [2.05, 4.69) is 78.8 Å². The number of carbonyl (C=O) groups is 1. The van der Waals surface area contributed by atoms with E-state index >= 15 is 0 Å². The van der Waals surface area contributed by atoms with E-state index in [-0.39, 0.29) is 11.9 Å². The summed E-state index contributed by atoms with van der Waals surface area (Å²) in [6.45, 7) is 9.08. The molecule has 3 atom stereocenters. The van der Waals surface area contributed by atoms with Crippen molar-refractivity contribution in [2.75, 3.05) is 32.9 Å². The molecule has 1 amide bonds. The van der Waals surface area contributed by atoms with Crippen molar-refractivity contribution in [2.24, 2.45) is 11.8 Å². The third-order valence-electron chi connectivity index (χ3n) is 5.78. The third-order valence-corrected chi connectivity index (χ3v) is 6.73. The van der Waals surface area contributed by atoms with Gasteiger partial charge in [-0.3, -0.25) is 9.69 Å². The minimum atomic E-state index is 0.190. The van der Waals surface area contributed by atoms with Crippen molar-refractivity contribution in [2.45, 2.75) is 51.4 Å². The van der Waals surface area contributed by atoms with Crippen LogP contribution in [0.15, 0.2) is 35.5 Å². The molecule has 7 heteroatoms. The van der Waals surface area contributed by atoms with Gasteiger partial charge in [0.05, 0.1) is 18.3 Å². The Morgan fingerprint density at radius 3 is 2.43 bits per heavy atom. The Hall–Kier alpha value is -1.86. The van der Waals surface area contributed by atoms with Gasteiger partial charge in [0.15, 0.2) is 11.0 Å². The summed E-state index contributed by atoms with van der Waals surface area (Å²) in [4.78, 5) is 17.1. The van der Waals surface area contributed by atoms with Crippen LogP contribution in [0.3, 0.4) is 0 Å². The largest absolute Gasteiger partial charge is 0.341 e. The molecule has 1 aromatic carbocycles. The highest BCUT2D eigenvalue weighted by Gasteiger charge is 2.27. The molecule has 1 aliphatic rings. The second-order valence-corrected chi connectivity index (χ2v) is 9.78. The van der Waals surface area contributed by atoms with Crippen LogP contribution in [0.4, 0.5) is 0 Å². The number of hydrogen-bond donors (Lipinski definition) is 0. The molecule has 1 fully saturated rings. The van der Waals surface area contributed by atoms with Crippen molar-refractivity contribution >= 4 is 17.7 Å². The molecular weight excluding hydrogens is 394 g/mol. The summed E-state index contributed by atoms with van der Waals surface area (Å²) in [6, 6.07) is 10.6. The summed E-state index contributed by atoms with van der Waals surface area (Å²) in [5, 5.41) is 9.85. The van der Waals surface area contributed by atoms with Gasteiger partial charge in [-0.15, -0.1) is 10.2 Å². The van der Waals surface area contributed by atoms with E-state index in [4.69, 9.17) is 0 Å². The Kier molecular flexibility index (Phi) is 7.94. The lowest BCUT2D eigenvalue weighted by atomic mass is 9.92. The molecule has 1 aliphatic heterocycles. The Balaban J connectivity index is 1.78. The van der Waals surface area contributed by atoms with Gasteiger partial charge in [0.25, 0.3) is 0 Å². The lowest BCUT2D eigenvalue weighted by molar-refractivity contribution is -0.130. The van der Waals surface area contributed by atoms with Crippen LogP contribution in [0.5, 0.6) is 0 Å². The third kappa shape index (κ3) is 5.64. The van der Waals surface area contributed by atoms with Gasteiger partial charge in [-0.25, -0.2) is 0 Å². The number of aromatic nitrogens is 3. The number of nitrogens with zero attached hydrogens (tertiary/aromatic N) is 5. The quantitative estimate of drug-likeness (QED) is 0.595. The normalized spacial score (nSPS) is 20.5. The van der Waals surface area contributed by atoms with Gasteiger partial charge in [-0.1, -0.05) is 62.9 Å². The van der Waals surface area contributed by atoms with Gasteiger partial charge in [0, 0.05) is 13.1 Å². The number of rotatable bonds is 8. The molecule has 0 N–H and O–H groups in total. The molecule has 3 rings (SSSR count). The van der Waals surface area contributed by atoms with Crippen molar-refractivity contribution < 1.29 is 4.79 Å². The van der Waals surface area contributed by atoms with Crippen LogP contribution in [0.1, 0.15) is 51.0 Å². The molecule has 0 unspecified atom stereocenters. The smallest absolute Gasteiger partial charge is 0.233 e. The topological polar surface area (TPSA) is 54.3 Å². The lowest BCUT2D eigenvalue weighted by Gasteiger charge is -2.35. The summed E-state index contributed by atoms with van der Waals surface area (Å²) in [5.74, 6) is 2.71. The Bertz CT molecular complexity index is 812. The van der Waals surface area contributed by atoms with Gasteiger partial charge < -0.3 is 9.47 Å². The Labute approximate surface area is 185 Å². The predicted molar refractivity (Wildman–Crippen MR) is 123 cm³/mol. The van der Waals surface area contributed by atoms with Crippen molar-refractivity contribution in [1.82, 2.24) is 24.6 Å². The second kappa shape index (κ2) is 10.4. The van der Waals surface area contributed by atoms with Crippen molar-refractivity contribution in [1.29, 1.82) is 0 Å². The lowest BCUT2D eigenvalue weighted by Crippen LogP contribution is -2.43. The number of amides is 1. The van der Waals surface area contributed by atoms with E-state index in [9.17, 15) is 4.79 Å². The zero-order valence-corrected chi connectivity index (χ0v) is 19.7. The average molecular weight is 430 g/mol. The summed E-state index contributed by atoms with van der Waals surface area (Å²) in [6.07, 6.45) is 2.15. The number of likely N-dealkylation sites (tertiary alicyclic amines) is 1. The standard InChI is InChI=1S/C23H35N5OS/c1-6-20(26(4)5)22-24-25-23(28(22)15-19-10-8-7-9-11-19)30-16-21(29)27-13-17(2)12-18(3)14-27/h7-11,17-18,20H,6,12-16H2,1-5H3/t17-,18-,20+/m0/s1. The fourth-order valence-corrected chi connectivity index (χ4v) is 5.28. The molecule has 164 valence electrons. The van der Waals surface area contributed by atoms with Crippen LogP contribution in [-0.4, -0.2) is 63.4 Å². The molecule has 2 heterocycles. The highest BCUT2D eigenvalue weighted by Crippen LogP contribution is 2.27. The molecular formula is C23H35N5OS. The van der Waals surface area contributed by atoms with E-state index in [0.717, 1.165) is 30.5 Å². The molecule has 0 spiro atoms. The molecule has 30 heavy (non-hydrogen) atoms. The fraction of sp³-hybridized carbons (Fsp3) is 0.609. The molecule has 0 aliphatic carbocycles. The number of piperidine rings is 1. The summed E-state index contributed by atoms with van der Waals surface area (Å²) >= 11 is 1.51. The maximum Gasteiger partial charge on any atom is 0.233 e. The van der Waals surface area contributed by atoms with E-state index in [1.54, 1.807) is 0 Å². The van der Waals surface area contributed by atoms with Crippen molar-refractivity contribution in [3.05, 3.63) is 41.7 Å². The molecule has 2 aromatic rings. The molecule has 1 saturated heterocycles. The highest BCUT2D eigenvalue weighted by molar-refractivity contribution is 7.99. The maximum atomic E-state index is 12.9. The van der Waals surface area contributed by atoms with Crippen LogP contribution in [0.2, 0.25) is 0 Å². The van der Waals surface area contributed by atoms with E-state index in [0.29, 0.717) is 24.1 Å². The Morgan fingerprint density at radius 1 is 1.17 bits per heavy atom. The first-order chi connectivity index (χ1) is 14.4. The molecule has 6 nitrogen and oxygen atoms in total. The first kappa shape index (κ1) is 22.8. The summed E-state index contributed by atoms with van der Waals surface area (Å²) in [5.41, 5.74) is 1.21. The first-order valence-corrected chi connectivity index (χ1v) is 11.9. The Morgan fingerprint density at radius 2 is 1.83 bits per heavy atom. The molecule has 0 bridgehead atoms. The van der Waals surface area contributed by atoms with E-state index in [1.807, 2.05) is 11.0 Å². The minimum absolute atomic E-state index is 0.190.